The van der Waals surface area contributed by atoms with Gasteiger partial charge in [0, 0.05) is 10.0 Å². The minimum absolute atomic E-state index is 0.920. The van der Waals surface area contributed by atoms with Crippen LogP contribution in [-0.4, -0.2) is 9.97 Å². The molecule has 0 saturated carbocycles. The first kappa shape index (κ1) is 12.6. The lowest BCUT2D eigenvalue weighted by atomic mass is 10.1. The van der Waals surface area contributed by atoms with Gasteiger partial charge in [-0.25, -0.2) is 4.98 Å². The number of imidazole rings is 1. The van der Waals surface area contributed by atoms with Gasteiger partial charge in [-0.3, -0.25) is 0 Å². The Morgan fingerprint density at radius 1 is 0.952 bits per heavy atom. The number of hydrogen-bond acceptors (Lipinski definition) is 1. The molecule has 0 aliphatic rings. The molecule has 0 atom stereocenters. The van der Waals surface area contributed by atoms with Crippen LogP contribution in [0.3, 0.4) is 0 Å². The normalized spacial score (nSPS) is 11.3. The van der Waals surface area contributed by atoms with Crippen molar-refractivity contribution in [2.24, 2.45) is 0 Å². The quantitative estimate of drug-likeness (QED) is 0.491. The van der Waals surface area contributed by atoms with Gasteiger partial charge in [0.25, 0.3) is 0 Å². The summed E-state index contributed by atoms with van der Waals surface area (Å²) in [4.78, 5) is 8.15. The summed E-state index contributed by atoms with van der Waals surface area (Å²) in [5, 5.41) is 2.44. The highest BCUT2D eigenvalue weighted by Gasteiger charge is 2.07. The number of halogens is 1. The molecule has 1 aromatic heterocycles. The van der Waals surface area contributed by atoms with Crippen LogP contribution in [0.4, 0.5) is 0 Å². The maximum Gasteiger partial charge on any atom is 0.138 e. The van der Waals surface area contributed by atoms with E-state index in [0.717, 1.165) is 26.9 Å². The average molecular weight is 337 g/mol. The van der Waals surface area contributed by atoms with Crippen molar-refractivity contribution in [2.45, 2.75) is 6.92 Å². The fourth-order valence-electron chi connectivity index (χ4n) is 2.68. The van der Waals surface area contributed by atoms with Crippen molar-refractivity contribution in [3.63, 3.8) is 0 Å². The van der Waals surface area contributed by atoms with E-state index < -0.39 is 0 Å². The van der Waals surface area contributed by atoms with E-state index in [-0.39, 0.29) is 0 Å². The zero-order chi connectivity index (χ0) is 14.4. The Bertz CT molecular complexity index is 969. The van der Waals surface area contributed by atoms with Crippen LogP contribution in [0.1, 0.15) is 5.56 Å². The minimum atomic E-state index is 0.920. The molecule has 0 amide bonds. The molecule has 0 unspecified atom stereocenters. The number of benzene rings is 3. The van der Waals surface area contributed by atoms with E-state index in [1.807, 2.05) is 0 Å². The molecule has 0 bridgehead atoms. The lowest BCUT2D eigenvalue weighted by Gasteiger charge is -2.02. The van der Waals surface area contributed by atoms with Crippen LogP contribution in [0.25, 0.3) is 33.2 Å². The van der Waals surface area contributed by atoms with Crippen molar-refractivity contribution >= 4 is 37.7 Å². The van der Waals surface area contributed by atoms with E-state index in [1.54, 1.807) is 0 Å². The third kappa shape index (κ3) is 2.14. The van der Waals surface area contributed by atoms with Gasteiger partial charge in [0.1, 0.15) is 5.82 Å². The molecule has 4 aromatic rings. The Morgan fingerprint density at radius 2 is 1.76 bits per heavy atom. The van der Waals surface area contributed by atoms with Gasteiger partial charge >= 0.3 is 0 Å². The number of fused-ring (bicyclic) bond motifs is 2. The van der Waals surface area contributed by atoms with E-state index in [4.69, 9.17) is 4.98 Å². The summed E-state index contributed by atoms with van der Waals surface area (Å²) >= 11 is 3.51. The van der Waals surface area contributed by atoms with E-state index in [0.29, 0.717) is 0 Å². The molecule has 0 fully saturated rings. The lowest BCUT2D eigenvalue weighted by Crippen LogP contribution is -1.81. The van der Waals surface area contributed by atoms with Crippen molar-refractivity contribution in [1.29, 1.82) is 0 Å². The Kier molecular flexibility index (Phi) is 2.82. The van der Waals surface area contributed by atoms with Gasteiger partial charge in [0.2, 0.25) is 0 Å². The molecule has 0 aliphatic carbocycles. The number of nitrogens with zero attached hydrogens (tertiary/aromatic N) is 1. The zero-order valence-corrected chi connectivity index (χ0v) is 13.1. The highest BCUT2D eigenvalue weighted by molar-refractivity contribution is 9.10. The van der Waals surface area contributed by atoms with Crippen molar-refractivity contribution in [3.05, 3.63) is 64.6 Å². The summed E-state index contributed by atoms with van der Waals surface area (Å²) in [6.07, 6.45) is 0. The van der Waals surface area contributed by atoms with Gasteiger partial charge in [-0.2, -0.15) is 0 Å². The second-order valence-electron chi connectivity index (χ2n) is 5.26. The zero-order valence-electron chi connectivity index (χ0n) is 11.5. The molecule has 1 heterocycles. The van der Waals surface area contributed by atoms with Crippen LogP contribution in [0, 0.1) is 6.92 Å². The number of para-hydroxylation sites is 1. The van der Waals surface area contributed by atoms with E-state index in [9.17, 15) is 0 Å². The van der Waals surface area contributed by atoms with Crippen LogP contribution in [0.5, 0.6) is 0 Å². The number of aromatic amines is 1. The predicted molar refractivity (Wildman–Crippen MR) is 91.5 cm³/mol. The molecule has 0 radical (unpaired) electrons. The Labute approximate surface area is 131 Å². The van der Waals surface area contributed by atoms with Gasteiger partial charge in [-0.15, -0.1) is 0 Å². The maximum atomic E-state index is 4.74. The SMILES string of the molecule is Cc1cccc2[nH]c(-c3ccc4cc(Br)ccc4c3)nc12. The molecule has 21 heavy (non-hydrogen) atoms. The molecule has 102 valence electrons. The topological polar surface area (TPSA) is 28.7 Å². The fourth-order valence-corrected chi connectivity index (χ4v) is 3.05. The van der Waals surface area contributed by atoms with Crippen molar-refractivity contribution in [1.82, 2.24) is 9.97 Å². The number of aryl methyl sites for hydroxylation is 1. The minimum Gasteiger partial charge on any atom is -0.338 e. The Balaban J connectivity index is 1.91. The van der Waals surface area contributed by atoms with E-state index in [2.05, 4.69) is 82.4 Å². The molecular weight excluding hydrogens is 324 g/mol. The Hall–Kier alpha value is -2.13. The van der Waals surface area contributed by atoms with Crippen LogP contribution in [0.2, 0.25) is 0 Å². The molecule has 4 rings (SSSR count). The van der Waals surface area contributed by atoms with Gasteiger partial charge in [-0.1, -0.05) is 46.3 Å². The van der Waals surface area contributed by atoms with E-state index >= 15 is 0 Å². The first-order valence-corrected chi connectivity index (χ1v) is 7.65. The van der Waals surface area contributed by atoms with E-state index in [1.165, 1.54) is 16.3 Å². The number of aromatic nitrogens is 2. The number of nitrogens with one attached hydrogen (secondary N) is 1. The van der Waals surface area contributed by atoms with Crippen molar-refractivity contribution in [3.8, 4) is 11.4 Å². The maximum absolute atomic E-state index is 4.74. The molecule has 1 N–H and O–H groups in total. The second-order valence-corrected chi connectivity index (χ2v) is 6.18. The van der Waals surface area contributed by atoms with Gasteiger partial charge in [-0.05, 0) is 47.5 Å². The Morgan fingerprint density at radius 3 is 2.62 bits per heavy atom. The van der Waals surface area contributed by atoms with Gasteiger partial charge < -0.3 is 4.98 Å². The lowest BCUT2D eigenvalue weighted by molar-refractivity contribution is 1.33. The highest BCUT2D eigenvalue weighted by Crippen LogP contribution is 2.27. The molecule has 0 spiro atoms. The summed E-state index contributed by atoms with van der Waals surface area (Å²) in [5.74, 6) is 0.920. The van der Waals surface area contributed by atoms with Crippen molar-refractivity contribution in [2.75, 3.05) is 0 Å². The molecule has 3 heteroatoms. The smallest absolute Gasteiger partial charge is 0.138 e. The predicted octanol–water partition coefficient (Wildman–Crippen LogP) is 5.45. The average Bonchev–Trinajstić information content (AvgIpc) is 2.92. The molecule has 0 saturated heterocycles. The molecule has 3 aromatic carbocycles. The largest absolute Gasteiger partial charge is 0.338 e. The fraction of sp³-hybridized carbons (Fsp3) is 0.0556. The van der Waals surface area contributed by atoms with Crippen LogP contribution < -0.4 is 0 Å². The van der Waals surface area contributed by atoms with Gasteiger partial charge in [0.05, 0.1) is 11.0 Å². The van der Waals surface area contributed by atoms with Crippen molar-refractivity contribution < 1.29 is 0 Å². The third-order valence-corrected chi connectivity index (χ3v) is 4.28. The molecule has 2 nitrogen and oxygen atoms in total. The van der Waals surface area contributed by atoms with Crippen LogP contribution in [0.15, 0.2) is 59.1 Å². The summed E-state index contributed by atoms with van der Waals surface area (Å²) in [7, 11) is 0. The summed E-state index contributed by atoms with van der Waals surface area (Å²) in [6, 6.07) is 18.9. The second kappa shape index (κ2) is 4.71. The monoisotopic (exact) mass is 336 g/mol. The number of hydrogen-bond donors (Lipinski definition) is 1. The molecular formula is C18H13BrN2. The number of rotatable bonds is 1. The van der Waals surface area contributed by atoms with Crippen LogP contribution >= 0.6 is 15.9 Å². The highest BCUT2D eigenvalue weighted by atomic mass is 79.9. The number of H-pyrrole nitrogens is 1. The van der Waals surface area contributed by atoms with Crippen LogP contribution in [-0.2, 0) is 0 Å². The third-order valence-electron chi connectivity index (χ3n) is 3.79. The standard InChI is InChI=1S/C18H13BrN2/c1-11-3-2-4-16-17(11)21-18(20-16)14-6-5-13-10-15(19)8-7-12(13)9-14/h2-10H,1H3,(H,20,21). The summed E-state index contributed by atoms with van der Waals surface area (Å²) in [6.45, 7) is 2.09. The van der Waals surface area contributed by atoms with Gasteiger partial charge in [0.15, 0.2) is 0 Å². The first-order valence-electron chi connectivity index (χ1n) is 6.86. The summed E-state index contributed by atoms with van der Waals surface area (Å²) < 4.78 is 1.10. The first-order chi connectivity index (χ1) is 10.2. The summed E-state index contributed by atoms with van der Waals surface area (Å²) in [5.41, 5.74) is 4.43. The molecule has 0 aliphatic heterocycles.